The quantitative estimate of drug-likeness (QED) is 0.614. The molecule has 60 valence electrons. The molecule has 0 fully saturated rings. The molecular formula is C9H6FNS. The summed E-state index contributed by atoms with van der Waals surface area (Å²) < 4.78 is 13.6. The third-order valence-electron chi connectivity index (χ3n) is 1.70. The Hall–Kier alpha value is -1.22. The van der Waals surface area contributed by atoms with Crippen LogP contribution in [0.2, 0.25) is 0 Å². The van der Waals surface area contributed by atoms with Gasteiger partial charge in [-0.3, -0.25) is 0 Å². The molecule has 0 aliphatic rings. The second-order valence-electron chi connectivity index (χ2n) is 2.53. The highest BCUT2D eigenvalue weighted by Gasteiger charge is 1.98. The van der Waals surface area contributed by atoms with E-state index >= 15 is 0 Å². The minimum Gasteiger partial charge on any atom is -0.346 e. The second-order valence-corrected chi connectivity index (χ2v) is 2.97. The number of para-hydroxylation sites is 1. The molecule has 0 spiro atoms. The monoisotopic (exact) mass is 179 g/mol. The first kappa shape index (κ1) is 7.43. The van der Waals surface area contributed by atoms with Crippen LogP contribution in [0.15, 0.2) is 30.3 Å². The summed E-state index contributed by atoms with van der Waals surface area (Å²) in [6.07, 6.45) is 0. The maximum atomic E-state index is 13.2. The number of H-pyrrole nitrogens is 1. The van der Waals surface area contributed by atoms with Crippen molar-refractivity contribution in [2.24, 2.45) is 0 Å². The smallest absolute Gasteiger partial charge is 0.135 e. The van der Waals surface area contributed by atoms with E-state index in [2.05, 4.69) is 4.98 Å². The summed E-state index contributed by atoms with van der Waals surface area (Å²) in [6, 6.07) is 8.47. The molecule has 0 bridgehead atoms. The number of aromatic nitrogens is 1. The summed E-state index contributed by atoms with van der Waals surface area (Å²) >= 11 is 4.83. The van der Waals surface area contributed by atoms with Crippen molar-refractivity contribution in [3.63, 3.8) is 0 Å². The van der Waals surface area contributed by atoms with Crippen LogP contribution in [0.5, 0.6) is 0 Å². The normalized spacial score (nSPS) is 10.4. The average Bonchev–Trinajstić information content (AvgIpc) is 2.04. The lowest BCUT2D eigenvalue weighted by molar-refractivity contribution is 0.638. The molecule has 2 aromatic rings. The minimum atomic E-state index is -0.269. The topological polar surface area (TPSA) is 15.8 Å². The molecule has 2 rings (SSSR count). The van der Waals surface area contributed by atoms with E-state index in [0.29, 0.717) is 10.0 Å². The Bertz CT molecular complexity index is 475. The number of benzene rings is 1. The van der Waals surface area contributed by atoms with Crippen LogP contribution in [0.3, 0.4) is 0 Å². The molecule has 1 N–H and O–H groups in total. The SMILES string of the molecule is Fc1cc(=S)[nH]c2ccccc12. The van der Waals surface area contributed by atoms with E-state index < -0.39 is 0 Å². The van der Waals surface area contributed by atoms with E-state index in [1.807, 2.05) is 6.07 Å². The lowest BCUT2D eigenvalue weighted by Crippen LogP contribution is -1.83. The van der Waals surface area contributed by atoms with E-state index in [1.54, 1.807) is 18.2 Å². The Morgan fingerprint density at radius 1 is 1.25 bits per heavy atom. The van der Waals surface area contributed by atoms with Gasteiger partial charge in [-0.1, -0.05) is 24.4 Å². The fourth-order valence-corrected chi connectivity index (χ4v) is 1.38. The Balaban J connectivity index is 2.99. The van der Waals surface area contributed by atoms with Gasteiger partial charge in [-0.15, -0.1) is 0 Å². The fraction of sp³-hybridized carbons (Fsp3) is 0. The maximum absolute atomic E-state index is 13.2. The number of hydrogen-bond donors (Lipinski definition) is 1. The van der Waals surface area contributed by atoms with Crippen LogP contribution < -0.4 is 0 Å². The van der Waals surface area contributed by atoms with E-state index in [0.717, 1.165) is 5.52 Å². The number of pyridine rings is 1. The van der Waals surface area contributed by atoms with Gasteiger partial charge in [-0.2, -0.15) is 0 Å². The first-order valence-electron chi connectivity index (χ1n) is 3.55. The summed E-state index contributed by atoms with van der Waals surface area (Å²) in [7, 11) is 0. The summed E-state index contributed by atoms with van der Waals surface area (Å²) in [5, 5.41) is 0.575. The zero-order valence-electron chi connectivity index (χ0n) is 6.17. The first-order valence-corrected chi connectivity index (χ1v) is 3.96. The van der Waals surface area contributed by atoms with Crippen molar-refractivity contribution >= 4 is 23.1 Å². The van der Waals surface area contributed by atoms with E-state index in [-0.39, 0.29) is 5.82 Å². The molecule has 1 aromatic carbocycles. The predicted octanol–water partition coefficient (Wildman–Crippen LogP) is 3.04. The van der Waals surface area contributed by atoms with Crippen LogP contribution in [0.4, 0.5) is 4.39 Å². The molecule has 1 aromatic heterocycles. The Labute approximate surface area is 73.9 Å². The largest absolute Gasteiger partial charge is 0.346 e. The first-order chi connectivity index (χ1) is 5.77. The molecule has 0 saturated carbocycles. The van der Waals surface area contributed by atoms with Gasteiger partial charge < -0.3 is 4.98 Å². The fourth-order valence-electron chi connectivity index (χ4n) is 1.16. The molecule has 1 heterocycles. The van der Waals surface area contributed by atoms with Gasteiger partial charge in [0.15, 0.2) is 0 Å². The molecule has 0 aliphatic heterocycles. The van der Waals surface area contributed by atoms with Gasteiger partial charge in [0.05, 0.1) is 0 Å². The van der Waals surface area contributed by atoms with Gasteiger partial charge in [0.2, 0.25) is 0 Å². The zero-order chi connectivity index (χ0) is 8.55. The third-order valence-corrected chi connectivity index (χ3v) is 1.92. The molecule has 0 saturated heterocycles. The van der Waals surface area contributed by atoms with Crippen molar-refractivity contribution in [1.29, 1.82) is 0 Å². The summed E-state index contributed by atoms with van der Waals surface area (Å²) in [5.74, 6) is -0.269. The van der Waals surface area contributed by atoms with Crippen LogP contribution in [-0.4, -0.2) is 4.98 Å². The van der Waals surface area contributed by atoms with Gasteiger partial charge >= 0.3 is 0 Å². The molecule has 12 heavy (non-hydrogen) atoms. The number of aromatic amines is 1. The van der Waals surface area contributed by atoms with Crippen LogP contribution in [0.1, 0.15) is 0 Å². The van der Waals surface area contributed by atoms with E-state index in [9.17, 15) is 4.39 Å². The average molecular weight is 179 g/mol. The van der Waals surface area contributed by atoms with Gasteiger partial charge in [0.1, 0.15) is 10.5 Å². The Morgan fingerprint density at radius 2 is 2.00 bits per heavy atom. The van der Waals surface area contributed by atoms with Gasteiger partial charge in [0.25, 0.3) is 0 Å². The number of nitrogens with one attached hydrogen (secondary N) is 1. The molecule has 0 amide bonds. The molecule has 0 aliphatic carbocycles. The van der Waals surface area contributed by atoms with Crippen LogP contribution in [-0.2, 0) is 0 Å². The van der Waals surface area contributed by atoms with Crippen molar-refractivity contribution in [3.05, 3.63) is 40.8 Å². The molecule has 3 heteroatoms. The molecule has 0 unspecified atom stereocenters. The summed E-state index contributed by atoms with van der Waals surface area (Å²) in [4.78, 5) is 2.91. The predicted molar refractivity (Wildman–Crippen MR) is 49.1 cm³/mol. The highest BCUT2D eigenvalue weighted by Crippen LogP contribution is 2.14. The van der Waals surface area contributed by atoms with Crippen LogP contribution >= 0.6 is 12.2 Å². The molecule has 1 nitrogen and oxygen atoms in total. The molecular weight excluding hydrogens is 173 g/mol. The number of hydrogen-bond acceptors (Lipinski definition) is 1. The van der Waals surface area contributed by atoms with E-state index in [1.165, 1.54) is 6.07 Å². The van der Waals surface area contributed by atoms with Crippen LogP contribution in [0.25, 0.3) is 10.9 Å². The standard InChI is InChI=1S/C9H6FNS/c10-7-5-9(12)11-8-4-2-1-3-6(7)8/h1-5H,(H,11,12). The zero-order valence-corrected chi connectivity index (χ0v) is 6.99. The number of rotatable bonds is 0. The van der Waals surface area contributed by atoms with Gasteiger partial charge in [0, 0.05) is 17.0 Å². The Morgan fingerprint density at radius 3 is 2.83 bits per heavy atom. The number of halogens is 1. The van der Waals surface area contributed by atoms with Crippen molar-refractivity contribution in [2.75, 3.05) is 0 Å². The summed E-state index contributed by atoms with van der Waals surface area (Å²) in [5.41, 5.74) is 0.738. The van der Waals surface area contributed by atoms with Crippen molar-refractivity contribution < 1.29 is 4.39 Å². The van der Waals surface area contributed by atoms with Crippen LogP contribution in [0, 0.1) is 10.5 Å². The maximum Gasteiger partial charge on any atom is 0.135 e. The Kier molecular flexibility index (Phi) is 1.66. The van der Waals surface area contributed by atoms with Gasteiger partial charge in [-0.25, -0.2) is 4.39 Å². The molecule has 0 atom stereocenters. The highest BCUT2D eigenvalue weighted by molar-refractivity contribution is 7.71. The number of fused-ring (bicyclic) bond motifs is 1. The lowest BCUT2D eigenvalue weighted by Gasteiger charge is -1.97. The van der Waals surface area contributed by atoms with E-state index in [4.69, 9.17) is 12.2 Å². The summed E-state index contributed by atoms with van der Waals surface area (Å²) in [6.45, 7) is 0. The van der Waals surface area contributed by atoms with Crippen molar-refractivity contribution in [2.45, 2.75) is 0 Å². The second kappa shape index (κ2) is 2.68. The third kappa shape index (κ3) is 1.12. The highest BCUT2D eigenvalue weighted by atomic mass is 32.1. The molecule has 0 radical (unpaired) electrons. The minimum absolute atomic E-state index is 0.269. The van der Waals surface area contributed by atoms with Crippen molar-refractivity contribution in [3.8, 4) is 0 Å². The van der Waals surface area contributed by atoms with Crippen molar-refractivity contribution in [1.82, 2.24) is 4.98 Å². The van der Waals surface area contributed by atoms with Gasteiger partial charge in [-0.05, 0) is 12.1 Å². The lowest BCUT2D eigenvalue weighted by atomic mass is 10.2.